The summed E-state index contributed by atoms with van der Waals surface area (Å²) < 4.78 is 2.49. The highest BCUT2D eigenvalue weighted by atomic mass is 16.2. The number of allylic oxidation sites excluding steroid dienone is 1. The highest BCUT2D eigenvalue weighted by molar-refractivity contribution is 5.81. The molecular formula is C24H33N5O2. The Labute approximate surface area is 183 Å². The van der Waals surface area contributed by atoms with Crippen LogP contribution in [0.5, 0.6) is 0 Å². The molecule has 0 saturated heterocycles. The maximum absolute atomic E-state index is 12.2. The van der Waals surface area contributed by atoms with Crippen molar-refractivity contribution in [3.05, 3.63) is 74.1 Å². The third-order valence-corrected chi connectivity index (χ3v) is 5.38. The lowest BCUT2D eigenvalue weighted by Gasteiger charge is -2.11. The van der Waals surface area contributed by atoms with Crippen LogP contribution >= 0.6 is 0 Å². The van der Waals surface area contributed by atoms with Crippen molar-refractivity contribution < 1.29 is 0 Å². The molecular weight excluding hydrogens is 390 g/mol. The Morgan fingerprint density at radius 1 is 1.13 bits per heavy atom. The first kappa shape index (κ1) is 24.1. The number of rotatable bonds is 9. The van der Waals surface area contributed by atoms with Gasteiger partial charge in [0.2, 0.25) is 0 Å². The number of hydrogen-bond donors (Lipinski definition) is 1. The molecule has 0 saturated carbocycles. The molecule has 0 fully saturated rings. The third kappa shape index (κ3) is 6.64. The number of amidine groups is 1. The summed E-state index contributed by atoms with van der Waals surface area (Å²) >= 11 is 0. The van der Waals surface area contributed by atoms with Gasteiger partial charge in [0, 0.05) is 32.9 Å². The van der Waals surface area contributed by atoms with Gasteiger partial charge in [0.1, 0.15) is 5.82 Å². The number of benzene rings is 1. The summed E-state index contributed by atoms with van der Waals surface area (Å²) in [5.74, 6) is 1.14. The van der Waals surface area contributed by atoms with Gasteiger partial charge in [-0.2, -0.15) is 0 Å². The molecule has 1 atom stereocenters. The van der Waals surface area contributed by atoms with Crippen LogP contribution in [0.2, 0.25) is 0 Å². The van der Waals surface area contributed by atoms with E-state index in [9.17, 15) is 9.59 Å². The lowest BCUT2D eigenvalue weighted by molar-refractivity contribution is 0.629. The fourth-order valence-electron chi connectivity index (χ4n) is 3.20. The van der Waals surface area contributed by atoms with Crippen molar-refractivity contribution in [2.75, 3.05) is 0 Å². The standard InChI is InChI=1S/C24H33N5O2/c1-6-19(16-27-22-18(3)23(30)29(5)24(31)28(22)4)13-14-21(25)26-15-7-8-20-11-9-17(2)10-12-20/h7,9-12,15-16,19H,6,8,13-14H2,1-5H3,(H2,25,26)/b15-7+,27-16?. The van der Waals surface area contributed by atoms with Crippen molar-refractivity contribution in [1.29, 1.82) is 0 Å². The van der Waals surface area contributed by atoms with Gasteiger partial charge in [-0.1, -0.05) is 42.8 Å². The van der Waals surface area contributed by atoms with E-state index < -0.39 is 0 Å². The summed E-state index contributed by atoms with van der Waals surface area (Å²) in [6, 6.07) is 8.41. The maximum Gasteiger partial charge on any atom is 0.332 e. The predicted molar refractivity (Wildman–Crippen MR) is 128 cm³/mol. The normalized spacial score (nSPS) is 13.4. The topological polar surface area (TPSA) is 94.7 Å². The second kappa shape index (κ2) is 11.2. The third-order valence-electron chi connectivity index (χ3n) is 5.38. The number of nitrogens with two attached hydrogens (primary N) is 1. The van der Waals surface area contributed by atoms with E-state index >= 15 is 0 Å². The Morgan fingerprint density at radius 2 is 1.81 bits per heavy atom. The molecule has 0 amide bonds. The smallest absolute Gasteiger partial charge is 0.332 e. The van der Waals surface area contributed by atoms with Crippen LogP contribution in [-0.2, 0) is 20.5 Å². The summed E-state index contributed by atoms with van der Waals surface area (Å²) in [7, 11) is 3.09. The molecule has 0 radical (unpaired) electrons. The Kier molecular flexibility index (Phi) is 8.73. The molecule has 0 spiro atoms. The fourth-order valence-corrected chi connectivity index (χ4v) is 3.20. The molecule has 0 aliphatic carbocycles. The first-order chi connectivity index (χ1) is 14.7. The van der Waals surface area contributed by atoms with E-state index in [2.05, 4.69) is 48.1 Å². The number of aromatic nitrogens is 2. The van der Waals surface area contributed by atoms with Gasteiger partial charge in [-0.3, -0.25) is 13.9 Å². The van der Waals surface area contributed by atoms with Crippen LogP contribution in [0.4, 0.5) is 5.82 Å². The van der Waals surface area contributed by atoms with Crippen LogP contribution < -0.4 is 17.0 Å². The maximum atomic E-state index is 12.2. The Morgan fingerprint density at radius 3 is 2.45 bits per heavy atom. The molecule has 2 N–H and O–H groups in total. The molecule has 0 bridgehead atoms. The number of hydrogen-bond acceptors (Lipinski definition) is 4. The Balaban J connectivity index is 1.96. The van der Waals surface area contributed by atoms with E-state index in [-0.39, 0.29) is 17.2 Å². The van der Waals surface area contributed by atoms with Gasteiger partial charge < -0.3 is 5.73 Å². The molecule has 2 aromatic rings. The van der Waals surface area contributed by atoms with Crippen LogP contribution in [0, 0.1) is 19.8 Å². The van der Waals surface area contributed by atoms with Gasteiger partial charge in [-0.25, -0.2) is 14.8 Å². The van der Waals surface area contributed by atoms with E-state index in [0.717, 1.165) is 23.8 Å². The van der Waals surface area contributed by atoms with Gasteiger partial charge in [0.25, 0.3) is 5.56 Å². The van der Waals surface area contributed by atoms with Gasteiger partial charge >= 0.3 is 5.69 Å². The average molecular weight is 424 g/mol. The Hall–Kier alpha value is -3.22. The first-order valence-electron chi connectivity index (χ1n) is 10.6. The molecule has 166 valence electrons. The van der Waals surface area contributed by atoms with Crippen molar-refractivity contribution in [1.82, 2.24) is 9.13 Å². The highest BCUT2D eigenvalue weighted by Crippen LogP contribution is 2.15. The molecule has 1 aromatic heterocycles. The number of aliphatic imine (C=N–C) groups is 2. The fraction of sp³-hybridized carbons (Fsp3) is 0.417. The van der Waals surface area contributed by atoms with Crippen LogP contribution in [0.15, 0.2) is 56.1 Å². The zero-order valence-electron chi connectivity index (χ0n) is 19.1. The molecule has 2 rings (SSSR count). The van der Waals surface area contributed by atoms with E-state index in [1.54, 1.807) is 20.2 Å². The van der Waals surface area contributed by atoms with Crippen molar-refractivity contribution in [3.8, 4) is 0 Å². The molecule has 0 aliphatic rings. The minimum Gasteiger partial charge on any atom is -0.387 e. The predicted octanol–water partition coefficient (Wildman–Crippen LogP) is 3.32. The molecule has 1 unspecified atom stereocenters. The van der Waals surface area contributed by atoms with Crippen LogP contribution in [0.3, 0.4) is 0 Å². The Bertz CT molecular complexity index is 1050. The quantitative estimate of drug-likeness (QED) is 0.495. The van der Waals surface area contributed by atoms with Gasteiger partial charge in [0.05, 0.1) is 11.4 Å². The van der Waals surface area contributed by atoms with Crippen molar-refractivity contribution in [2.24, 2.45) is 35.7 Å². The minimum absolute atomic E-state index is 0.170. The zero-order valence-corrected chi connectivity index (χ0v) is 19.1. The molecule has 7 heteroatoms. The van der Waals surface area contributed by atoms with Crippen molar-refractivity contribution in [2.45, 2.75) is 46.5 Å². The summed E-state index contributed by atoms with van der Waals surface area (Å²) in [6.45, 7) is 5.83. The minimum atomic E-state index is -0.385. The lowest BCUT2D eigenvalue weighted by atomic mass is 10.0. The molecule has 7 nitrogen and oxygen atoms in total. The van der Waals surface area contributed by atoms with Crippen LogP contribution in [-0.4, -0.2) is 21.2 Å². The molecule has 1 heterocycles. The van der Waals surface area contributed by atoms with Crippen LogP contribution in [0.25, 0.3) is 0 Å². The number of aryl methyl sites for hydroxylation is 1. The summed E-state index contributed by atoms with van der Waals surface area (Å²) in [6.07, 6.45) is 8.68. The van der Waals surface area contributed by atoms with E-state index in [1.807, 2.05) is 12.3 Å². The number of nitrogens with zero attached hydrogens (tertiary/aromatic N) is 4. The van der Waals surface area contributed by atoms with Gasteiger partial charge in [-0.05, 0) is 44.6 Å². The lowest BCUT2D eigenvalue weighted by Crippen LogP contribution is -2.38. The zero-order chi connectivity index (χ0) is 23.0. The second-order valence-electron chi connectivity index (χ2n) is 7.83. The molecule has 0 aliphatic heterocycles. The SMILES string of the molecule is CCC(C=Nc1c(C)c(=O)n(C)c(=O)n1C)CCC(N)=N/C=C/Cc1ccc(C)cc1. The second-order valence-corrected chi connectivity index (χ2v) is 7.83. The van der Waals surface area contributed by atoms with Crippen molar-refractivity contribution in [3.63, 3.8) is 0 Å². The molecule has 1 aromatic carbocycles. The van der Waals surface area contributed by atoms with Crippen molar-refractivity contribution >= 4 is 17.9 Å². The summed E-state index contributed by atoms with van der Waals surface area (Å²) in [4.78, 5) is 33.1. The summed E-state index contributed by atoms with van der Waals surface area (Å²) in [5, 5.41) is 0. The van der Waals surface area contributed by atoms with E-state index in [1.165, 1.54) is 22.7 Å². The average Bonchev–Trinajstić information content (AvgIpc) is 2.77. The van der Waals surface area contributed by atoms with E-state index in [4.69, 9.17) is 5.73 Å². The van der Waals surface area contributed by atoms with E-state index in [0.29, 0.717) is 23.6 Å². The van der Waals surface area contributed by atoms with Crippen LogP contribution in [0.1, 0.15) is 42.9 Å². The van der Waals surface area contributed by atoms with Gasteiger partial charge in [0.15, 0.2) is 0 Å². The largest absolute Gasteiger partial charge is 0.387 e. The molecule has 31 heavy (non-hydrogen) atoms. The highest BCUT2D eigenvalue weighted by Gasteiger charge is 2.11. The monoisotopic (exact) mass is 423 g/mol. The summed E-state index contributed by atoms with van der Waals surface area (Å²) in [5.41, 5.74) is 8.28. The first-order valence-corrected chi connectivity index (χ1v) is 10.6. The van der Waals surface area contributed by atoms with Gasteiger partial charge in [-0.15, -0.1) is 0 Å².